The largest absolute Gasteiger partial charge is 0.497 e. The second-order valence-corrected chi connectivity index (χ2v) is 6.89. The van der Waals surface area contributed by atoms with Crippen molar-refractivity contribution in [1.82, 2.24) is 0 Å². The smallest absolute Gasteiger partial charge is 0.268 e. The van der Waals surface area contributed by atoms with Gasteiger partial charge in [0.1, 0.15) is 16.4 Å². The molecule has 114 valence electrons. The standard InChI is InChI=1S/C13H15BrN2O4S/c1-16(9-4-3-5-10(6-9)19-2)21(17,18)12-7-11(8-15)20-13(12)14/h3-7H,8,15H2,1-2H3. The number of furan rings is 1. The third-order valence-electron chi connectivity index (χ3n) is 2.96. The zero-order valence-corrected chi connectivity index (χ0v) is 13.9. The minimum atomic E-state index is -3.76. The summed E-state index contributed by atoms with van der Waals surface area (Å²) in [6.07, 6.45) is 0. The van der Waals surface area contributed by atoms with E-state index in [1.165, 1.54) is 20.2 Å². The van der Waals surface area contributed by atoms with Crippen LogP contribution in [0.3, 0.4) is 0 Å². The van der Waals surface area contributed by atoms with E-state index in [1.807, 2.05) is 0 Å². The summed E-state index contributed by atoms with van der Waals surface area (Å²) in [5, 5.41) is 0. The monoisotopic (exact) mass is 374 g/mol. The molecule has 0 atom stereocenters. The Labute approximate surface area is 131 Å². The molecule has 0 aliphatic heterocycles. The van der Waals surface area contributed by atoms with Crippen molar-refractivity contribution < 1.29 is 17.6 Å². The number of ether oxygens (including phenoxy) is 1. The van der Waals surface area contributed by atoms with Gasteiger partial charge in [-0.2, -0.15) is 0 Å². The topological polar surface area (TPSA) is 85.8 Å². The Balaban J connectivity index is 2.44. The van der Waals surface area contributed by atoms with E-state index in [-0.39, 0.29) is 16.1 Å². The summed E-state index contributed by atoms with van der Waals surface area (Å²) in [6, 6.07) is 8.18. The first-order valence-electron chi connectivity index (χ1n) is 6.01. The van der Waals surface area contributed by atoms with Gasteiger partial charge in [0.25, 0.3) is 10.0 Å². The maximum absolute atomic E-state index is 12.6. The third kappa shape index (κ3) is 3.07. The Morgan fingerprint density at radius 1 is 1.38 bits per heavy atom. The van der Waals surface area contributed by atoms with Crippen molar-refractivity contribution in [2.45, 2.75) is 11.4 Å². The number of rotatable bonds is 5. The maximum atomic E-state index is 12.6. The number of hydrogen-bond donors (Lipinski definition) is 1. The first-order chi connectivity index (χ1) is 9.90. The second-order valence-electron chi connectivity index (χ2n) is 4.23. The molecule has 0 radical (unpaired) electrons. The Kier molecular flexibility index (Phi) is 4.60. The van der Waals surface area contributed by atoms with Crippen LogP contribution in [-0.4, -0.2) is 22.6 Å². The van der Waals surface area contributed by atoms with Crippen molar-refractivity contribution in [2.24, 2.45) is 5.73 Å². The lowest BCUT2D eigenvalue weighted by Gasteiger charge is -2.19. The van der Waals surface area contributed by atoms with Gasteiger partial charge >= 0.3 is 0 Å². The van der Waals surface area contributed by atoms with E-state index in [0.29, 0.717) is 17.2 Å². The van der Waals surface area contributed by atoms with Crippen molar-refractivity contribution in [3.63, 3.8) is 0 Å². The molecule has 21 heavy (non-hydrogen) atoms. The fourth-order valence-corrected chi connectivity index (χ4v) is 3.91. The maximum Gasteiger partial charge on any atom is 0.268 e. The summed E-state index contributed by atoms with van der Waals surface area (Å²) in [4.78, 5) is 0.0354. The van der Waals surface area contributed by atoms with Gasteiger partial charge in [-0.1, -0.05) is 6.07 Å². The summed E-state index contributed by atoms with van der Waals surface area (Å²) in [6.45, 7) is 0.122. The molecule has 0 amide bonds. The normalized spacial score (nSPS) is 11.4. The van der Waals surface area contributed by atoms with Crippen LogP contribution in [0.4, 0.5) is 5.69 Å². The Morgan fingerprint density at radius 2 is 2.10 bits per heavy atom. The molecule has 0 aliphatic carbocycles. The molecule has 0 unspecified atom stereocenters. The van der Waals surface area contributed by atoms with E-state index in [4.69, 9.17) is 14.9 Å². The van der Waals surface area contributed by atoms with E-state index in [0.717, 1.165) is 4.31 Å². The number of hydrogen-bond acceptors (Lipinski definition) is 5. The van der Waals surface area contributed by atoms with Crippen LogP contribution in [0.1, 0.15) is 5.76 Å². The van der Waals surface area contributed by atoms with E-state index >= 15 is 0 Å². The first-order valence-corrected chi connectivity index (χ1v) is 8.24. The number of anilines is 1. The van der Waals surface area contributed by atoms with Gasteiger partial charge in [-0.05, 0) is 28.1 Å². The first kappa shape index (κ1) is 15.9. The number of methoxy groups -OCH3 is 1. The van der Waals surface area contributed by atoms with Crippen molar-refractivity contribution in [3.05, 3.63) is 40.8 Å². The van der Waals surface area contributed by atoms with E-state index in [1.54, 1.807) is 24.3 Å². The molecule has 2 N–H and O–H groups in total. The van der Waals surface area contributed by atoms with E-state index in [2.05, 4.69) is 15.9 Å². The van der Waals surface area contributed by atoms with Crippen LogP contribution in [0.2, 0.25) is 0 Å². The fraction of sp³-hybridized carbons (Fsp3) is 0.231. The van der Waals surface area contributed by atoms with Crippen LogP contribution in [0.15, 0.2) is 44.3 Å². The van der Waals surface area contributed by atoms with Gasteiger partial charge in [-0.25, -0.2) is 8.42 Å². The van der Waals surface area contributed by atoms with Crippen LogP contribution >= 0.6 is 15.9 Å². The molecule has 1 aromatic carbocycles. The van der Waals surface area contributed by atoms with Gasteiger partial charge in [0.05, 0.1) is 19.3 Å². The number of halogens is 1. The zero-order chi connectivity index (χ0) is 15.6. The van der Waals surface area contributed by atoms with Gasteiger partial charge in [-0.15, -0.1) is 0 Å². The molecule has 0 bridgehead atoms. The molecule has 2 rings (SSSR count). The van der Waals surface area contributed by atoms with Gasteiger partial charge in [0.15, 0.2) is 4.67 Å². The molecule has 0 saturated carbocycles. The lowest BCUT2D eigenvalue weighted by Crippen LogP contribution is -2.26. The van der Waals surface area contributed by atoms with Crippen LogP contribution in [0.25, 0.3) is 0 Å². The molecule has 0 fully saturated rings. The Bertz CT molecular complexity index is 742. The molecular weight excluding hydrogens is 360 g/mol. The predicted molar refractivity (Wildman–Crippen MR) is 82.9 cm³/mol. The highest BCUT2D eigenvalue weighted by Crippen LogP contribution is 2.31. The van der Waals surface area contributed by atoms with Crippen molar-refractivity contribution in [1.29, 1.82) is 0 Å². The van der Waals surface area contributed by atoms with E-state index < -0.39 is 10.0 Å². The van der Waals surface area contributed by atoms with Gasteiger partial charge in [0.2, 0.25) is 0 Å². The molecule has 1 aromatic heterocycles. The number of sulfonamides is 1. The van der Waals surface area contributed by atoms with Crippen molar-refractivity contribution in [3.8, 4) is 5.75 Å². The average Bonchev–Trinajstić information content (AvgIpc) is 2.88. The molecule has 8 heteroatoms. The van der Waals surface area contributed by atoms with Crippen molar-refractivity contribution in [2.75, 3.05) is 18.5 Å². The number of nitrogens with zero attached hydrogens (tertiary/aromatic N) is 1. The van der Waals surface area contributed by atoms with E-state index in [9.17, 15) is 8.42 Å². The lowest BCUT2D eigenvalue weighted by atomic mass is 10.3. The molecular formula is C13H15BrN2O4S. The second kappa shape index (κ2) is 6.08. The van der Waals surface area contributed by atoms with Gasteiger partial charge in [0, 0.05) is 19.2 Å². The number of nitrogens with two attached hydrogens (primary N) is 1. The SMILES string of the molecule is COc1cccc(N(C)S(=O)(=O)c2cc(CN)oc2Br)c1. The summed E-state index contributed by atoms with van der Waals surface area (Å²) < 4.78 is 36.9. The quantitative estimate of drug-likeness (QED) is 0.867. The van der Waals surface area contributed by atoms with Crippen LogP contribution in [0, 0.1) is 0 Å². The van der Waals surface area contributed by atoms with Gasteiger partial charge in [-0.3, -0.25) is 4.31 Å². The average molecular weight is 375 g/mol. The zero-order valence-electron chi connectivity index (χ0n) is 11.5. The fourth-order valence-electron chi connectivity index (χ4n) is 1.77. The minimum Gasteiger partial charge on any atom is -0.497 e. The van der Waals surface area contributed by atoms with Crippen LogP contribution < -0.4 is 14.8 Å². The molecule has 0 spiro atoms. The summed E-state index contributed by atoms with van der Waals surface area (Å²) >= 11 is 3.11. The minimum absolute atomic E-state index is 0.0354. The van der Waals surface area contributed by atoms with Crippen LogP contribution in [-0.2, 0) is 16.6 Å². The third-order valence-corrected chi connectivity index (χ3v) is 5.61. The highest BCUT2D eigenvalue weighted by molar-refractivity contribution is 9.10. The Morgan fingerprint density at radius 3 is 2.67 bits per heavy atom. The molecule has 0 aliphatic rings. The molecule has 6 nitrogen and oxygen atoms in total. The molecule has 0 saturated heterocycles. The predicted octanol–water partition coefficient (Wildman–Crippen LogP) is 2.33. The highest BCUT2D eigenvalue weighted by atomic mass is 79.9. The Hall–Kier alpha value is -1.51. The van der Waals surface area contributed by atoms with Gasteiger partial charge < -0.3 is 14.9 Å². The number of benzene rings is 1. The summed E-state index contributed by atoms with van der Waals surface area (Å²) in [5.41, 5.74) is 5.94. The highest BCUT2D eigenvalue weighted by Gasteiger charge is 2.27. The van der Waals surface area contributed by atoms with Crippen LogP contribution in [0.5, 0.6) is 5.75 Å². The molecule has 2 aromatic rings. The lowest BCUT2D eigenvalue weighted by molar-refractivity contribution is 0.415. The molecule has 1 heterocycles. The summed E-state index contributed by atoms with van der Waals surface area (Å²) in [7, 11) is -0.770. The van der Waals surface area contributed by atoms with Crippen molar-refractivity contribution >= 4 is 31.6 Å². The summed E-state index contributed by atoms with van der Waals surface area (Å²) in [5.74, 6) is 0.961.